The van der Waals surface area contributed by atoms with Crippen molar-refractivity contribution in [3.8, 4) is 0 Å². The van der Waals surface area contributed by atoms with Crippen LogP contribution in [0.25, 0.3) is 0 Å². The van der Waals surface area contributed by atoms with Gasteiger partial charge in [0.2, 0.25) is 0 Å². The van der Waals surface area contributed by atoms with E-state index >= 15 is 0 Å². The van der Waals surface area contributed by atoms with Gasteiger partial charge in [0, 0.05) is 6.61 Å². The highest BCUT2D eigenvalue weighted by Gasteiger charge is 2.14. The van der Waals surface area contributed by atoms with Gasteiger partial charge in [-0.25, -0.2) is 0 Å². The zero-order valence-electron chi connectivity index (χ0n) is 8.47. The SMILES string of the molecule is Cc1ccc(S(=O)(=O)O)c(CCCO)c1. The lowest BCUT2D eigenvalue weighted by Gasteiger charge is -2.07. The van der Waals surface area contributed by atoms with Gasteiger partial charge in [-0.2, -0.15) is 8.42 Å². The van der Waals surface area contributed by atoms with Gasteiger partial charge in [0.25, 0.3) is 10.1 Å². The molecule has 5 heteroatoms. The minimum absolute atomic E-state index is 0.00113. The molecule has 1 rings (SSSR count). The van der Waals surface area contributed by atoms with Crippen molar-refractivity contribution < 1.29 is 18.1 Å². The van der Waals surface area contributed by atoms with Crippen LogP contribution in [0.4, 0.5) is 0 Å². The monoisotopic (exact) mass is 230 g/mol. The van der Waals surface area contributed by atoms with E-state index in [9.17, 15) is 8.42 Å². The molecule has 0 atom stereocenters. The van der Waals surface area contributed by atoms with Gasteiger partial charge in [0.15, 0.2) is 0 Å². The molecule has 0 saturated carbocycles. The van der Waals surface area contributed by atoms with Gasteiger partial charge in [0.05, 0.1) is 4.90 Å². The van der Waals surface area contributed by atoms with Gasteiger partial charge in [-0.1, -0.05) is 17.7 Å². The molecular weight excluding hydrogens is 216 g/mol. The van der Waals surface area contributed by atoms with Crippen LogP contribution in [0.1, 0.15) is 17.5 Å². The fourth-order valence-electron chi connectivity index (χ4n) is 1.42. The summed E-state index contributed by atoms with van der Waals surface area (Å²) < 4.78 is 31.0. The van der Waals surface area contributed by atoms with Crippen LogP contribution in [0.3, 0.4) is 0 Å². The van der Waals surface area contributed by atoms with E-state index in [2.05, 4.69) is 0 Å². The number of aryl methyl sites for hydroxylation is 2. The van der Waals surface area contributed by atoms with Crippen LogP contribution in [-0.2, 0) is 16.5 Å². The highest BCUT2D eigenvalue weighted by atomic mass is 32.2. The first-order chi connectivity index (χ1) is 6.95. The average molecular weight is 230 g/mol. The van der Waals surface area contributed by atoms with E-state index in [0.717, 1.165) is 5.56 Å². The third-order valence-corrected chi connectivity index (χ3v) is 3.05. The van der Waals surface area contributed by atoms with Gasteiger partial charge in [0.1, 0.15) is 0 Å². The molecule has 0 fully saturated rings. The number of aliphatic hydroxyl groups is 1. The second-order valence-electron chi connectivity index (χ2n) is 3.41. The van der Waals surface area contributed by atoms with Gasteiger partial charge in [-0.05, 0) is 31.4 Å². The van der Waals surface area contributed by atoms with Crippen molar-refractivity contribution in [2.45, 2.75) is 24.7 Å². The second kappa shape index (κ2) is 4.74. The third kappa shape index (κ3) is 3.30. The maximum Gasteiger partial charge on any atom is 0.294 e. The Morgan fingerprint density at radius 1 is 1.33 bits per heavy atom. The number of hydrogen-bond acceptors (Lipinski definition) is 3. The Morgan fingerprint density at radius 3 is 2.53 bits per heavy atom. The van der Waals surface area contributed by atoms with Crippen molar-refractivity contribution in [2.75, 3.05) is 6.61 Å². The van der Waals surface area contributed by atoms with E-state index in [1.807, 2.05) is 6.92 Å². The zero-order chi connectivity index (χ0) is 11.5. The molecule has 0 heterocycles. The highest BCUT2D eigenvalue weighted by molar-refractivity contribution is 7.85. The Bertz CT molecular complexity index is 437. The molecular formula is C10H14O4S. The molecule has 84 valence electrons. The largest absolute Gasteiger partial charge is 0.396 e. The minimum Gasteiger partial charge on any atom is -0.396 e. The Hall–Kier alpha value is -0.910. The predicted octanol–water partition coefficient (Wildman–Crippen LogP) is 1.17. The maximum absolute atomic E-state index is 11.0. The number of hydrogen-bond donors (Lipinski definition) is 2. The standard InChI is InChI=1S/C10H14O4S/c1-8-4-5-10(15(12,13)14)9(7-8)3-2-6-11/h4-5,7,11H,2-3,6H2,1H3,(H,12,13,14). The number of aliphatic hydroxyl groups excluding tert-OH is 1. The van der Waals surface area contributed by atoms with E-state index in [0.29, 0.717) is 18.4 Å². The molecule has 0 aliphatic carbocycles. The normalized spacial score (nSPS) is 11.7. The first-order valence-electron chi connectivity index (χ1n) is 4.63. The van der Waals surface area contributed by atoms with E-state index in [1.54, 1.807) is 12.1 Å². The van der Waals surface area contributed by atoms with Crippen molar-refractivity contribution in [2.24, 2.45) is 0 Å². The summed E-state index contributed by atoms with van der Waals surface area (Å²) in [6, 6.07) is 4.72. The summed E-state index contributed by atoms with van der Waals surface area (Å²) in [5.41, 5.74) is 1.47. The Kier molecular flexibility index (Phi) is 3.84. The highest BCUT2D eigenvalue weighted by Crippen LogP contribution is 2.18. The van der Waals surface area contributed by atoms with Crippen molar-refractivity contribution in [1.82, 2.24) is 0 Å². The van der Waals surface area contributed by atoms with Crippen molar-refractivity contribution in [3.63, 3.8) is 0 Å². The summed E-state index contributed by atoms with van der Waals surface area (Å²) in [7, 11) is -4.16. The summed E-state index contributed by atoms with van der Waals surface area (Å²) in [4.78, 5) is -0.0680. The summed E-state index contributed by atoms with van der Waals surface area (Å²) in [5.74, 6) is 0. The first-order valence-corrected chi connectivity index (χ1v) is 6.07. The van der Waals surface area contributed by atoms with Gasteiger partial charge in [-0.15, -0.1) is 0 Å². The quantitative estimate of drug-likeness (QED) is 0.761. The van der Waals surface area contributed by atoms with E-state index in [-0.39, 0.29) is 11.5 Å². The molecule has 0 aliphatic heterocycles. The minimum atomic E-state index is -4.16. The summed E-state index contributed by atoms with van der Waals surface area (Å²) in [6.07, 6.45) is 0.916. The molecule has 0 radical (unpaired) electrons. The van der Waals surface area contributed by atoms with Crippen LogP contribution < -0.4 is 0 Å². The molecule has 2 N–H and O–H groups in total. The summed E-state index contributed by atoms with van der Waals surface area (Å²) >= 11 is 0. The third-order valence-electron chi connectivity index (χ3n) is 2.10. The van der Waals surface area contributed by atoms with E-state index < -0.39 is 10.1 Å². The van der Waals surface area contributed by atoms with Crippen molar-refractivity contribution in [1.29, 1.82) is 0 Å². The second-order valence-corrected chi connectivity index (χ2v) is 4.80. The predicted molar refractivity (Wildman–Crippen MR) is 56.4 cm³/mol. The fraction of sp³-hybridized carbons (Fsp3) is 0.400. The van der Waals surface area contributed by atoms with Gasteiger partial charge >= 0.3 is 0 Å². The van der Waals surface area contributed by atoms with Gasteiger partial charge < -0.3 is 5.11 Å². The molecule has 0 bridgehead atoms. The van der Waals surface area contributed by atoms with Crippen LogP contribution in [0.2, 0.25) is 0 Å². The molecule has 0 saturated heterocycles. The van der Waals surface area contributed by atoms with Crippen LogP contribution in [0, 0.1) is 6.92 Å². The van der Waals surface area contributed by atoms with Crippen LogP contribution >= 0.6 is 0 Å². The molecule has 1 aromatic rings. The Labute approximate surface area is 89.3 Å². The molecule has 1 aromatic carbocycles. The van der Waals surface area contributed by atoms with Crippen molar-refractivity contribution in [3.05, 3.63) is 29.3 Å². The van der Waals surface area contributed by atoms with Crippen LogP contribution in [0.15, 0.2) is 23.1 Å². The molecule has 0 aliphatic rings. The fourth-order valence-corrected chi connectivity index (χ4v) is 2.16. The molecule has 0 unspecified atom stereocenters. The molecule has 0 amide bonds. The average Bonchev–Trinajstić information content (AvgIpc) is 2.12. The lowest BCUT2D eigenvalue weighted by molar-refractivity contribution is 0.288. The summed E-state index contributed by atoms with van der Waals surface area (Å²) in [6.45, 7) is 1.84. The smallest absolute Gasteiger partial charge is 0.294 e. The number of benzene rings is 1. The van der Waals surface area contributed by atoms with Crippen LogP contribution in [0.5, 0.6) is 0 Å². The Morgan fingerprint density at radius 2 is 2.00 bits per heavy atom. The Balaban J connectivity index is 3.15. The number of rotatable bonds is 4. The zero-order valence-corrected chi connectivity index (χ0v) is 9.29. The lowest BCUT2D eigenvalue weighted by Crippen LogP contribution is -2.04. The molecule has 0 aromatic heterocycles. The van der Waals surface area contributed by atoms with Crippen molar-refractivity contribution >= 4 is 10.1 Å². The van der Waals surface area contributed by atoms with E-state index in [4.69, 9.17) is 9.66 Å². The lowest BCUT2D eigenvalue weighted by atomic mass is 10.1. The first kappa shape index (κ1) is 12.2. The summed E-state index contributed by atoms with van der Waals surface area (Å²) in [5, 5.41) is 8.68. The topological polar surface area (TPSA) is 74.6 Å². The maximum atomic E-state index is 11.0. The molecule has 4 nitrogen and oxygen atoms in total. The molecule has 15 heavy (non-hydrogen) atoms. The van der Waals surface area contributed by atoms with E-state index in [1.165, 1.54) is 6.07 Å². The van der Waals surface area contributed by atoms with Gasteiger partial charge in [-0.3, -0.25) is 4.55 Å². The van der Waals surface area contributed by atoms with Crippen LogP contribution in [-0.4, -0.2) is 24.7 Å². The molecule has 0 spiro atoms.